The number of halogens is 2. The molecule has 1 N–H and O–H groups in total. The van der Waals surface area contributed by atoms with Crippen LogP contribution in [0.4, 0.5) is 20.2 Å². The molecule has 1 aliphatic rings. The lowest BCUT2D eigenvalue weighted by atomic mass is 10.1. The smallest absolute Gasteiger partial charge is 0.267 e. The predicted octanol–water partition coefficient (Wildman–Crippen LogP) is 2.28. The van der Waals surface area contributed by atoms with Gasteiger partial charge in [0.15, 0.2) is 4.90 Å². The summed E-state index contributed by atoms with van der Waals surface area (Å²) >= 11 is 0. The highest BCUT2D eigenvalue weighted by molar-refractivity contribution is 7.92. The Balaban J connectivity index is 1.97. The summed E-state index contributed by atoms with van der Waals surface area (Å²) < 4.78 is 53.9. The van der Waals surface area contributed by atoms with Crippen LogP contribution in [0.5, 0.6) is 0 Å². The molecule has 0 atom stereocenters. The Hall–Kier alpha value is -2.48. The van der Waals surface area contributed by atoms with Crippen molar-refractivity contribution < 1.29 is 22.0 Å². The third kappa shape index (κ3) is 2.65. The number of carbonyl (C=O) groups excluding carboxylic acids is 1. The normalized spacial score (nSPS) is 14.0. The molecular weight excluding hydrogens is 326 g/mol. The van der Waals surface area contributed by atoms with Gasteiger partial charge in [-0.1, -0.05) is 6.07 Å². The number of hydrogen-bond acceptors (Lipinski definition) is 3. The van der Waals surface area contributed by atoms with Crippen molar-refractivity contribution in [1.29, 1.82) is 0 Å². The van der Waals surface area contributed by atoms with Crippen LogP contribution in [-0.4, -0.2) is 21.4 Å². The van der Waals surface area contributed by atoms with Crippen LogP contribution in [0, 0.1) is 11.6 Å². The Labute approximate surface area is 131 Å². The van der Waals surface area contributed by atoms with Gasteiger partial charge in [0.05, 0.1) is 6.42 Å². The first-order chi connectivity index (χ1) is 10.8. The first-order valence-electron chi connectivity index (χ1n) is 6.66. The molecular formula is C15H12F2N2O3S. The topological polar surface area (TPSA) is 66.5 Å². The van der Waals surface area contributed by atoms with Crippen molar-refractivity contribution in [2.24, 2.45) is 0 Å². The second kappa shape index (κ2) is 5.31. The van der Waals surface area contributed by atoms with Crippen LogP contribution in [0.25, 0.3) is 0 Å². The maximum atomic E-state index is 13.7. The summed E-state index contributed by atoms with van der Waals surface area (Å²) in [5.41, 5.74) is 1.45. The van der Waals surface area contributed by atoms with Crippen LogP contribution >= 0.6 is 0 Å². The summed E-state index contributed by atoms with van der Waals surface area (Å²) in [6.07, 6.45) is 0.148. The minimum Gasteiger partial charge on any atom is -0.315 e. The number of nitrogens with zero attached hydrogens (tertiary/aromatic N) is 1. The lowest BCUT2D eigenvalue weighted by molar-refractivity contribution is -0.117. The summed E-state index contributed by atoms with van der Waals surface area (Å²) in [5, 5.41) is 0. The fourth-order valence-electron chi connectivity index (χ4n) is 2.48. The van der Waals surface area contributed by atoms with Crippen molar-refractivity contribution in [2.75, 3.05) is 16.7 Å². The molecule has 3 rings (SSSR count). The number of sulfonamides is 1. The van der Waals surface area contributed by atoms with E-state index in [9.17, 15) is 22.0 Å². The van der Waals surface area contributed by atoms with Gasteiger partial charge in [-0.3, -0.25) is 9.52 Å². The number of benzene rings is 2. The average molecular weight is 338 g/mol. The highest BCUT2D eigenvalue weighted by Crippen LogP contribution is 2.31. The standard InChI is InChI=1S/C15H12F2N2O3S/c1-19-13-6-5-10(7-9(13)8-14(19)20)18-23(21,22)15-11(16)3-2-4-12(15)17/h2-7,18H,8H2,1H3. The van der Waals surface area contributed by atoms with Gasteiger partial charge < -0.3 is 4.90 Å². The maximum Gasteiger partial charge on any atom is 0.267 e. The number of rotatable bonds is 3. The van der Waals surface area contributed by atoms with Gasteiger partial charge in [0.2, 0.25) is 5.91 Å². The van der Waals surface area contributed by atoms with E-state index in [0.29, 0.717) is 11.3 Å². The maximum absolute atomic E-state index is 13.7. The van der Waals surface area contributed by atoms with E-state index in [-0.39, 0.29) is 18.0 Å². The summed E-state index contributed by atoms with van der Waals surface area (Å²) in [4.78, 5) is 12.1. The van der Waals surface area contributed by atoms with Crippen LogP contribution in [0.15, 0.2) is 41.3 Å². The molecule has 0 saturated carbocycles. The molecule has 1 aliphatic heterocycles. The van der Waals surface area contributed by atoms with Crippen LogP contribution in [0.2, 0.25) is 0 Å². The van der Waals surface area contributed by atoms with Gasteiger partial charge in [-0.25, -0.2) is 17.2 Å². The summed E-state index contributed by atoms with van der Waals surface area (Å²) in [6.45, 7) is 0. The Morgan fingerprint density at radius 3 is 2.43 bits per heavy atom. The van der Waals surface area contributed by atoms with Gasteiger partial charge in [0, 0.05) is 18.4 Å². The van der Waals surface area contributed by atoms with E-state index in [2.05, 4.69) is 4.72 Å². The zero-order valence-corrected chi connectivity index (χ0v) is 12.8. The lowest BCUT2D eigenvalue weighted by Gasteiger charge is -2.12. The van der Waals surface area contributed by atoms with E-state index in [4.69, 9.17) is 0 Å². The molecule has 8 heteroatoms. The predicted molar refractivity (Wildman–Crippen MR) is 80.7 cm³/mol. The van der Waals surface area contributed by atoms with Gasteiger partial charge in [0.25, 0.3) is 10.0 Å². The fourth-order valence-corrected chi connectivity index (χ4v) is 3.67. The molecule has 5 nitrogen and oxygen atoms in total. The first-order valence-corrected chi connectivity index (χ1v) is 8.14. The van der Waals surface area contributed by atoms with Crippen LogP contribution in [-0.2, 0) is 21.2 Å². The zero-order valence-electron chi connectivity index (χ0n) is 12.0. The second-order valence-corrected chi connectivity index (χ2v) is 6.75. The Bertz CT molecular complexity index is 893. The van der Waals surface area contributed by atoms with Gasteiger partial charge in [-0.05, 0) is 35.9 Å². The molecule has 23 heavy (non-hydrogen) atoms. The van der Waals surface area contributed by atoms with E-state index >= 15 is 0 Å². The van der Waals surface area contributed by atoms with Crippen LogP contribution < -0.4 is 9.62 Å². The second-order valence-electron chi connectivity index (χ2n) is 5.13. The molecule has 0 unspecified atom stereocenters. The minimum absolute atomic E-state index is 0.111. The lowest BCUT2D eigenvalue weighted by Crippen LogP contribution is -2.20. The molecule has 0 aliphatic carbocycles. The van der Waals surface area contributed by atoms with Gasteiger partial charge >= 0.3 is 0 Å². The number of anilines is 2. The number of fused-ring (bicyclic) bond motifs is 1. The quantitative estimate of drug-likeness (QED) is 0.934. The van der Waals surface area contributed by atoms with Crippen LogP contribution in [0.3, 0.4) is 0 Å². The number of carbonyl (C=O) groups is 1. The summed E-state index contributed by atoms with van der Waals surface area (Å²) in [5.74, 6) is -2.46. The molecule has 0 saturated heterocycles. The average Bonchev–Trinajstić information content (AvgIpc) is 2.72. The van der Waals surface area contributed by atoms with Crippen molar-refractivity contribution in [3.05, 3.63) is 53.6 Å². The van der Waals surface area contributed by atoms with Crippen molar-refractivity contribution in [3.8, 4) is 0 Å². The minimum atomic E-state index is -4.42. The van der Waals surface area contributed by atoms with E-state index in [0.717, 1.165) is 18.2 Å². The molecule has 2 aromatic carbocycles. The molecule has 1 heterocycles. The van der Waals surface area contributed by atoms with Gasteiger partial charge in [-0.2, -0.15) is 0 Å². The van der Waals surface area contributed by atoms with E-state index in [1.165, 1.54) is 17.0 Å². The summed E-state index contributed by atoms with van der Waals surface area (Å²) in [7, 11) is -2.80. The molecule has 2 aromatic rings. The number of hydrogen-bond donors (Lipinski definition) is 1. The molecule has 1 amide bonds. The Morgan fingerprint density at radius 1 is 1.13 bits per heavy atom. The molecule has 0 radical (unpaired) electrons. The van der Waals surface area contributed by atoms with Gasteiger partial charge in [-0.15, -0.1) is 0 Å². The van der Waals surface area contributed by atoms with E-state index in [1.807, 2.05) is 0 Å². The number of nitrogens with one attached hydrogen (secondary N) is 1. The largest absolute Gasteiger partial charge is 0.315 e. The van der Waals surface area contributed by atoms with Crippen molar-refractivity contribution in [1.82, 2.24) is 0 Å². The molecule has 0 aromatic heterocycles. The monoisotopic (exact) mass is 338 g/mol. The molecule has 0 fully saturated rings. The van der Waals surface area contributed by atoms with Gasteiger partial charge in [0.1, 0.15) is 11.6 Å². The SMILES string of the molecule is CN1C(=O)Cc2cc(NS(=O)(=O)c3c(F)cccc3F)ccc21. The highest BCUT2D eigenvalue weighted by Gasteiger charge is 2.27. The molecule has 0 spiro atoms. The number of amides is 1. The van der Waals surface area contributed by atoms with Crippen molar-refractivity contribution in [2.45, 2.75) is 11.3 Å². The Kier molecular flexibility index (Phi) is 3.56. The zero-order chi connectivity index (χ0) is 16.8. The number of likely N-dealkylation sites (N-methyl/N-ethyl adjacent to an activating group) is 1. The van der Waals surface area contributed by atoms with Crippen molar-refractivity contribution >= 4 is 27.3 Å². The summed E-state index contributed by atoms with van der Waals surface area (Å²) in [6, 6.07) is 7.31. The Morgan fingerprint density at radius 2 is 1.78 bits per heavy atom. The fraction of sp³-hybridized carbons (Fsp3) is 0.133. The highest BCUT2D eigenvalue weighted by atomic mass is 32.2. The third-order valence-electron chi connectivity index (χ3n) is 3.60. The van der Waals surface area contributed by atoms with Crippen LogP contribution in [0.1, 0.15) is 5.56 Å². The molecule has 120 valence electrons. The molecule has 0 bridgehead atoms. The van der Waals surface area contributed by atoms with Crippen molar-refractivity contribution in [3.63, 3.8) is 0 Å². The van der Waals surface area contributed by atoms with E-state index in [1.54, 1.807) is 13.1 Å². The first kappa shape index (κ1) is 15.4. The third-order valence-corrected chi connectivity index (χ3v) is 5.03. The van der Waals surface area contributed by atoms with E-state index < -0.39 is 26.6 Å².